The van der Waals surface area contributed by atoms with E-state index in [1.165, 1.54) is 0 Å². The molecule has 1 saturated carbocycles. The highest BCUT2D eigenvalue weighted by Gasteiger charge is 2.43. The van der Waals surface area contributed by atoms with Crippen molar-refractivity contribution in [2.75, 3.05) is 0 Å². The molecule has 19 heavy (non-hydrogen) atoms. The lowest BCUT2D eigenvalue weighted by Gasteiger charge is -2.38. The van der Waals surface area contributed by atoms with Crippen molar-refractivity contribution in [2.45, 2.75) is 31.3 Å². The highest BCUT2D eigenvalue weighted by atomic mass is 32.1. The van der Waals surface area contributed by atoms with Crippen LogP contribution in [0.1, 0.15) is 25.0 Å². The van der Waals surface area contributed by atoms with E-state index in [-0.39, 0.29) is 0 Å². The lowest BCUT2D eigenvalue weighted by Crippen LogP contribution is -2.56. The lowest BCUT2D eigenvalue weighted by atomic mass is 9.77. The molecule has 1 aliphatic rings. The fraction of sp³-hybridized carbons (Fsp3) is 0.385. The van der Waals surface area contributed by atoms with Crippen LogP contribution >= 0.6 is 22.7 Å². The van der Waals surface area contributed by atoms with Gasteiger partial charge in [-0.1, -0.05) is 0 Å². The highest BCUT2D eigenvalue weighted by molar-refractivity contribution is 7.14. The largest absolute Gasteiger partial charge is 0.480 e. The van der Waals surface area contributed by atoms with E-state index in [2.05, 4.69) is 15.7 Å². The first-order valence-corrected chi connectivity index (χ1v) is 7.97. The number of carbonyl (C=O) groups is 1. The molecule has 0 radical (unpaired) electrons. The quantitative estimate of drug-likeness (QED) is 0.890. The molecule has 3 rings (SSSR count). The third-order valence-electron chi connectivity index (χ3n) is 3.54. The Morgan fingerprint density at radius 1 is 1.47 bits per heavy atom. The molecule has 0 aromatic carbocycles. The van der Waals surface area contributed by atoms with E-state index in [0.717, 1.165) is 22.7 Å². The Hall–Kier alpha value is -1.24. The predicted molar refractivity (Wildman–Crippen MR) is 76.5 cm³/mol. The van der Waals surface area contributed by atoms with Gasteiger partial charge in [-0.3, -0.25) is 10.1 Å². The van der Waals surface area contributed by atoms with Gasteiger partial charge in [-0.15, -0.1) is 11.3 Å². The summed E-state index contributed by atoms with van der Waals surface area (Å²) >= 11 is 3.25. The van der Waals surface area contributed by atoms with Gasteiger partial charge in [0.1, 0.15) is 10.5 Å². The smallest absolute Gasteiger partial charge is 0.323 e. The van der Waals surface area contributed by atoms with Crippen molar-refractivity contribution in [1.29, 1.82) is 0 Å². The molecular weight excluding hydrogens is 280 g/mol. The number of nitrogens with zero attached hydrogens (tertiary/aromatic N) is 1. The summed E-state index contributed by atoms with van der Waals surface area (Å²) < 4.78 is 0. The molecule has 1 fully saturated rings. The topological polar surface area (TPSA) is 62.2 Å². The third-order valence-corrected chi connectivity index (χ3v) is 5.17. The second-order valence-electron chi connectivity index (χ2n) is 4.75. The van der Waals surface area contributed by atoms with E-state index in [9.17, 15) is 9.90 Å². The monoisotopic (exact) mass is 294 g/mol. The number of nitrogens with one attached hydrogen (secondary N) is 1. The van der Waals surface area contributed by atoms with Gasteiger partial charge in [-0.05, 0) is 30.7 Å². The van der Waals surface area contributed by atoms with Crippen molar-refractivity contribution in [3.63, 3.8) is 0 Å². The van der Waals surface area contributed by atoms with Crippen LogP contribution in [0.4, 0.5) is 0 Å². The number of hydrogen-bond acceptors (Lipinski definition) is 5. The van der Waals surface area contributed by atoms with Gasteiger partial charge >= 0.3 is 5.97 Å². The summed E-state index contributed by atoms with van der Waals surface area (Å²) in [5.74, 6) is -0.743. The number of thiophene rings is 1. The molecule has 0 aliphatic heterocycles. The van der Waals surface area contributed by atoms with Crippen molar-refractivity contribution in [3.8, 4) is 10.6 Å². The van der Waals surface area contributed by atoms with Crippen LogP contribution < -0.4 is 5.32 Å². The molecule has 2 N–H and O–H groups in total. The van der Waals surface area contributed by atoms with Crippen molar-refractivity contribution in [1.82, 2.24) is 10.3 Å². The van der Waals surface area contributed by atoms with Crippen LogP contribution in [0.5, 0.6) is 0 Å². The maximum atomic E-state index is 11.2. The number of aromatic nitrogens is 1. The minimum Gasteiger partial charge on any atom is -0.480 e. The summed E-state index contributed by atoms with van der Waals surface area (Å²) in [5.41, 5.74) is 1.34. The number of carboxylic acid groups (broad SMARTS) is 1. The van der Waals surface area contributed by atoms with Gasteiger partial charge in [0.2, 0.25) is 0 Å². The standard InChI is InChI=1S/C13H14N2O2S2/c16-12(17)13(3-1-4-13)14-6-10-8-19-11(15-10)9-2-5-18-7-9/h2,5,7-8,14H,1,3-4,6H2,(H,16,17). The molecule has 1 aliphatic carbocycles. The van der Waals surface area contributed by atoms with Gasteiger partial charge in [0, 0.05) is 22.9 Å². The summed E-state index contributed by atoms with van der Waals surface area (Å²) in [6.45, 7) is 0.521. The summed E-state index contributed by atoms with van der Waals surface area (Å²) in [6, 6.07) is 2.05. The maximum absolute atomic E-state index is 11.2. The fourth-order valence-corrected chi connectivity index (χ4v) is 3.70. The Balaban J connectivity index is 1.66. The Morgan fingerprint density at radius 2 is 2.32 bits per heavy atom. The van der Waals surface area contributed by atoms with E-state index in [1.54, 1.807) is 22.7 Å². The fourth-order valence-electron chi connectivity index (χ4n) is 2.16. The van der Waals surface area contributed by atoms with Crippen molar-refractivity contribution in [3.05, 3.63) is 27.9 Å². The first kappa shape index (κ1) is 12.8. The number of rotatable bonds is 5. The third kappa shape index (κ3) is 2.43. The van der Waals surface area contributed by atoms with Crippen LogP contribution in [0, 0.1) is 0 Å². The second kappa shape index (κ2) is 5.03. The molecule has 0 saturated heterocycles. The zero-order valence-electron chi connectivity index (χ0n) is 10.3. The van der Waals surface area contributed by atoms with Gasteiger partial charge < -0.3 is 5.11 Å². The average Bonchev–Trinajstić information content (AvgIpc) is 2.97. The predicted octanol–water partition coefficient (Wildman–Crippen LogP) is 2.97. The molecule has 2 aromatic rings. The van der Waals surface area contributed by atoms with E-state index < -0.39 is 11.5 Å². The van der Waals surface area contributed by atoms with Crippen molar-refractivity contribution >= 4 is 28.6 Å². The normalized spacial score (nSPS) is 17.1. The molecule has 4 nitrogen and oxygen atoms in total. The maximum Gasteiger partial charge on any atom is 0.323 e. The van der Waals surface area contributed by atoms with Gasteiger partial charge in [-0.2, -0.15) is 11.3 Å². The Bertz CT molecular complexity index is 573. The first-order valence-electron chi connectivity index (χ1n) is 6.15. The summed E-state index contributed by atoms with van der Waals surface area (Å²) in [4.78, 5) is 15.8. The molecule has 6 heteroatoms. The van der Waals surface area contributed by atoms with E-state index in [0.29, 0.717) is 19.4 Å². The Morgan fingerprint density at radius 3 is 2.89 bits per heavy atom. The molecule has 0 atom stereocenters. The number of thiazole rings is 1. The molecule has 2 aromatic heterocycles. The van der Waals surface area contributed by atoms with E-state index in [1.807, 2.05) is 16.8 Å². The van der Waals surface area contributed by atoms with E-state index in [4.69, 9.17) is 0 Å². The molecule has 0 amide bonds. The zero-order chi connectivity index (χ0) is 13.3. The minimum absolute atomic E-state index is 0.521. The number of aliphatic carboxylic acids is 1. The molecule has 0 spiro atoms. The average molecular weight is 294 g/mol. The summed E-state index contributed by atoms with van der Waals surface area (Å²) in [5, 5.41) is 19.5. The SMILES string of the molecule is O=C(O)C1(NCc2csc(-c3ccsc3)n2)CCC1. The van der Waals surface area contributed by atoms with Crippen LogP contribution in [0.15, 0.2) is 22.2 Å². The summed E-state index contributed by atoms with van der Waals surface area (Å²) in [7, 11) is 0. The molecular formula is C13H14N2O2S2. The Labute approximate surface area is 119 Å². The van der Waals surface area contributed by atoms with E-state index >= 15 is 0 Å². The summed E-state index contributed by atoms with van der Waals surface area (Å²) in [6.07, 6.45) is 2.41. The van der Waals surface area contributed by atoms with Crippen LogP contribution in [-0.4, -0.2) is 21.6 Å². The van der Waals surface area contributed by atoms with Crippen molar-refractivity contribution < 1.29 is 9.90 Å². The van der Waals surface area contributed by atoms with Crippen LogP contribution in [-0.2, 0) is 11.3 Å². The molecule has 0 bridgehead atoms. The molecule has 2 heterocycles. The lowest BCUT2D eigenvalue weighted by molar-refractivity contribution is -0.148. The first-order chi connectivity index (χ1) is 9.20. The highest BCUT2D eigenvalue weighted by Crippen LogP contribution is 2.32. The van der Waals surface area contributed by atoms with Gasteiger partial charge in [0.25, 0.3) is 0 Å². The van der Waals surface area contributed by atoms with Crippen LogP contribution in [0.2, 0.25) is 0 Å². The zero-order valence-corrected chi connectivity index (χ0v) is 11.9. The Kier molecular flexibility index (Phi) is 3.38. The number of hydrogen-bond donors (Lipinski definition) is 2. The second-order valence-corrected chi connectivity index (χ2v) is 6.39. The van der Waals surface area contributed by atoms with Crippen LogP contribution in [0.25, 0.3) is 10.6 Å². The van der Waals surface area contributed by atoms with Gasteiger partial charge in [-0.25, -0.2) is 4.98 Å². The molecule has 0 unspecified atom stereocenters. The minimum atomic E-state index is -0.743. The van der Waals surface area contributed by atoms with Gasteiger partial charge in [0.05, 0.1) is 5.69 Å². The number of carboxylic acids is 1. The van der Waals surface area contributed by atoms with Crippen LogP contribution in [0.3, 0.4) is 0 Å². The molecule has 100 valence electrons. The van der Waals surface area contributed by atoms with Gasteiger partial charge in [0.15, 0.2) is 0 Å². The van der Waals surface area contributed by atoms with Crippen molar-refractivity contribution in [2.24, 2.45) is 0 Å².